The number of rotatable bonds is 10. The van der Waals surface area contributed by atoms with E-state index in [4.69, 9.17) is 9.73 Å². The van der Waals surface area contributed by atoms with Crippen molar-refractivity contribution in [3.8, 4) is 39.3 Å². The number of benzene rings is 7. The van der Waals surface area contributed by atoms with Crippen LogP contribution in [0.5, 0.6) is 5.75 Å². The summed E-state index contributed by atoms with van der Waals surface area (Å²) >= 11 is 0. The van der Waals surface area contributed by atoms with E-state index in [1.54, 1.807) is 7.11 Å². The summed E-state index contributed by atoms with van der Waals surface area (Å²) < 4.78 is 40.2. The average molecular weight is 755 g/mol. The van der Waals surface area contributed by atoms with Crippen LogP contribution >= 0.6 is 0 Å². The van der Waals surface area contributed by atoms with Crippen LogP contribution in [0.25, 0.3) is 50.2 Å². The molecule has 0 aliphatic carbocycles. The number of allylic oxidation sites excluding steroid dienone is 2. The highest BCUT2D eigenvalue weighted by molar-refractivity contribution is 6.44. The lowest BCUT2D eigenvalue weighted by atomic mass is 9.85. The molecule has 58 heavy (non-hydrogen) atoms. The van der Waals surface area contributed by atoms with Gasteiger partial charge in [-0.2, -0.15) is 0 Å². The predicted molar refractivity (Wildman–Crippen MR) is 236 cm³/mol. The third-order valence-electron chi connectivity index (χ3n) is 10.5. The number of hydrogen-bond acceptors (Lipinski definition) is 2. The summed E-state index contributed by atoms with van der Waals surface area (Å²) in [6.07, 6.45) is 0. The Hall–Kier alpha value is -7.31. The quantitative estimate of drug-likeness (QED) is 0.128. The molecule has 0 atom stereocenters. The van der Waals surface area contributed by atoms with Gasteiger partial charge in [0, 0.05) is 39.1 Å². The molecule has 0 spiro atoms. The van der Waals surface area contributed by atoms with E-state index in [2.05, 4.69) is 36.4 Å². The Kier molecular flexibility index (Phi) is 10.1. The van der Waals surface area contributed by atoms with Gasteiger partial charge in [0.15, 0.2) is 0 Å². The van der Waals surface area contributed by atoms with Gasteiger partial charge in [-0.1, -0.05) is 194 Å². The Bertz CT molecular complexity index is 2780. The molecule has 0 N–H and O–H groups in total. The van der Waals surface area contributed by atoms with E-state index < -0.39 is 7.40 Å². The Labute approximate surface area is 337 Å². The molecule has 278 valence electrons. The fourth-order valence-corrected chi connectivity index (χ4v) is 8.04. The summed E-state index contributed by atoms with van der Waals surface area (Å²) in [5.74, 6) is 0.652. The second-order valence-corrected chi connectivity index (χ2v) is 14.0. The van der Waals surface area contributed by atoms with Crippen molar-refractivity contribution in [2.45, 2.75) is 0 Å². The van der Waals surface area contributed by atoms with E-state index in [0.29, 0.717) is 50.7 Å². The van der Waals surface area contributed by atoms with Crippen molar-refractivity contribution in [1.82, 2.24) is 4.48 Å². The number of nitrogens with zero attached hydrogens (tertiary/aromatic N) is 2. The minimum Gasteiger partial charge on any atom is -0.497 e. The highest BCUT2D eigenvalue weighted by atomic mass is 19.2. The summed E-state index contributed by atoms with van der Waals surface area (Å²) in [6.45, 7) is 0. The fourth-order valence-electron chi connectivity index (χ4n) is 8.04. The molecule has 0 radical (unpaired) electrons. The molecule has 7 aromatic carbocycles. The Morgan fingerprint density at radius 3 is 1.34 bits per heavy atom. The number of halogens is 2. The number of aromatic nitrogens is 1. The second kappa shape index (κ2) is 16.0. The predicted octanol–water partition coefficient (Wildman–Crippen LogP) is 13.1. The second-order valence-electron chi connectivity index (χ2n) is 14.0. The van der Waals surface area contributed by atoms with Gasteiger partial charge in [-0.15, -0.1) is 0 Å². The number of methoxy groups -OCH3 is 1. The van der Waals surface area contributed by atoms with Crippen LogP contribution in [0.2, 0.25) is 0 Å². The van der Waals surface area contributed by atoms with Crippen molar-refractivity contribution >= 4 is 29.8 Å². The molecule has 0 bridgehead atoms. The van der Waals surface area contributed by atoms with Crippen LogP contribution in [0.3, 0.4) is 0 Å². The maximum absolute atomic E-state index is 16.7. The van der Waals surface area contributed by atoms with Gasteiger partial charge >= 0.3 is 7.40 Å². The van der Waals surface area contributed by atoms with Crippen LogP contribution in [0.4, 0.5) is 8.63 Å². The van der Waals surface area contributed by atoms with Gasteiger partial charge in [-0.3, -0.25) is 8.63 Å². The topological polar surface area (TPSA) is 26.5 Å². The third kappa shape index (κ3) is 6.69. The third-order valence-corrected chi connectivity index (χ3v) is 10.5. The first-order valence-electron chi connectivity index (χ1n) is 19.2. The first kappa shape index (κ1) is 36.3. The Morgan fingerprint density at radius 2 is 0.879 bits per heavy atom. The van der Waals surface area contributed by atoms with Gasteiger partial charge in [-0.05, 0) is 45.5 Å². The van der Waals surface area contributed by atoms with Crippen molar-refractivity contribution < 1.29 is 13.4 Å². The van der Waals surface area contributed by atoms with Crippen LogP contribution in [0.1, 0.15) is 27.9 Å². The molecule has 8 aromatic rings. The monoisotopic (exact) mass is 754 g/mol. The van der Waals surface area contributed by atoms with E-state index >= 15 is 8.63 Å². The molecule has 0 unspecified atom stereocenters. The van der Waals surface area contributed by atoms with E-state index in [-0.39, 0.29) is 0 Å². The first-order valence-corrected chi connectivity index (χ1v) is 19.2. The largest absolute Gasteiger partial charge is 0.678 e. The lowest BCUT2D eigenvalue weighted by Gasteiger charge is -2.20. The van der Waals surface area contributed by atoms with Gasteiger partial charge in [-0.25, -0.2) is 4.99 Å². The number of hydrogen-bond donors (Lipinski definition) is 0. The maximum atomic E-state index is 16.7. The first-order chi connectivity index (χ1) is 28.6. The van der Waals surface area contributed by atoms with Crippen molar-refractivity contribution in [3.63, 3.8) is 0 Å². The average Bonchev–Trinajstić information content (AvgIpc) is 3.86. The van der Waals surface area contributed by atoms with E-state index in [9.17, 15) is 0 Å². The van der Waals surface area contributed by atoms with Gasteiger partial charge in [0.1, 0.15) is 5.75 Å². The summed E-state index contributed by atoms with van der Waals surface area (Å²) in [4.78, 5) is 5.62. The van der Waals surface area contributed by atoms with Crippen LogP contribution in [0.15, 0.2) is 217 Å². The normalized spacial score (nSPS) is 13.3. The Morgan fingerprint density at radius 1 is 0.466 bits per heavy atom. The van der Waals surface area contributed by atoms with Crippen molar-refractivity contribution in [3.05, 3.63) is 240 Å². The molecule has 0 amide bonds. The molecule has 3 nitrogen and oxygen atoms in total. The summed E-state index contributed by atoms with van der Waals surface area (Å²) in [5, 5.41) is 0. The SMILES string of the molecule is COc1ccc(/C(=C2/N=C(c3ccccc3)C(c3ccccc3)=C2c2ccccc2)c2c(-c3ccccc3)c(-c3ccccc3)c(-c3ccccc3)n2B(F)F)cc1. The molecular formula is C52H37BF2N2O. The number of aliphatic imine (C=N–C) groups is 1. The van der Waals surface area contributed by atoms with Crippen LogP contribution in [-0.2, 0) is 0 Å². The standard InChI is InChI=1S/C52H37BF2N2O/c1-58-43-34-32-40(33-35-43)48(50-45(37-22-10-3-11-23-37)44(36-20-8-2-9-21-36)49(56-50)41-28-16-6-17-29-41)52-47(39-26-14-5-15-27-39)46(38-24-12-4-13-25-38)51(57(52)53(54)55)42-30-18-7-19-31-42/h2-35H,1H3/b50-48-. The minimum atomic E-state index is -2.93. The molecule has 1 aliphatic rings. The van der Waals surface area contributed by atoms with Gasteiger partial charge in [0.2, 0.25) is 0 Å². The molecule has 0 fully saturated rings. The van der Waals surface area contributed by atoms with Gasteiger partial charge < -0.3 is 9.21 Å². The van der Waals surface area contributed by atoms with Gasteiger partial charge in [0.05, 0.1) is 24.2 Å². The van der Waals surface area contributed by atoms with E-state index in [0.717, 1.165) is 44.7 Å². The van der Waals surface area contributed by atoms with Crippen molar-refractivity contribution in [2.75, 3.05) is 7.11 Å². The van der Waals surface area contributed by atoms with Crippen LogP contribution < -0.4 is 4.74 Å². The zero-order valence-corrected chi connectivity index (χ0v) is 31.8. The van der Waals surface area contributed by atoms with Gasteiger partial charge in [0.25, 0.3) is 0 Å². The molecule has 0 saturated carbocycles. The van der Waals surface area contributed by atoms with E-state index in [1.807, 2.05) is 170 Å². The molecule has 1 aromatic heterocycles. The molecule has 9 rings (SSSR count). The smallest absolute Gasteiger partial charge is 0.497 e. The molecular weight excluding hydrogens is 717 g/mol. The summed E-state index contributed by atoms with van der Waals surface area (Å²) in [6, 6.07) is 67.4. The summed E-state index contributed by atoms with van der Waals surface area (Å²) in [7, 11) is -1.31. The van der Waals surface area contributed by atoms with Crippen LogP contribution in [0, 0.1) is 0 Å². The highest BCUT2D eigenvalue weighted by Crippen LogP contribution is 2.52. The lowest BCUT2D eigenvalue weighted by Crippen LogP contribution is -2.18. The van der Waals surface area contributed by atoms with Crippen LogP contribution in [-0.4, -0.2) is 24.7 Å². The fraction of sp³-hybridized carbons (Fsp3) is 0.0192. The molecule has 2 heterocycles. The molecule has 6 heteroatoms. The highest BCUT2D eigenvalue weighted by Gasteiger charge is 2.38. The van der Waals surface area contributed by atoms with Crippen molar-refractivity contribution in [2.24, 2.45) is 4.99 Å². The van der Waals surface area contributed by atoms with E-state index in [1.165, 1.54) is 4.48 Å². The zero-order valence-electron chi connectivity index (χ0n) is 31.8. The summed E-state index contributed by atoms with van der Waals surface area (Å²) in [5.41, 5.74) is 11.7. The molecule has 0 saturated heterocycles. The number of ether oxygens (including phenoxy) is 1. The maximum Gasteiger partial charge on any atom is 0.678 e. The minimum absolute atomic E-state index is 0.359. The lowest BCUT2D eigenvalue weighted by molar-refractivity contribution is 0.415. The molecule has 1 aliphatic heterocycles. The van der Waals surface area contributed by atoms with Crippen molar-refractivity contribution in [1.29, 1.82) is 0 Å². The Balaban J connectivity index is 1.55. The zero-order chi connectivity index (χ0) is 39.4.